The van der Waals surface area contributed by atoms with Crippen LogP contribution in [-0.4, -0.2) is 29.9 Å². The highest BCUT2D eigenvalue weighted by Crippen LogP contribution is 2.17. The predicted octanol–water partition coefficient (Wildman–Crippen LogP) is 4.08. The minimum atomic E-state index is -0.547. The zero-order chi connectivity index (χ0) is 19.3. The van der Waals surface area contributed by atoms with Crippen LogP contribution in [0.15, 0.2) is 30.5 Å². The van der Waals surface area contributed by atoms with Crippen molar-refractivity contribution in [3.05, 3.63) is 36.0 Å². The van der Waals surface area contributed by atoms with Gasteiger partial charge in [0, 0.05) is 30.2 Å². The first kappa shape index (κ1) is 21.0. The third kappa shape index (κ3) is 7.45. The average molecular weight is 372 g/mol. The van der Waals surface area contributed by atoms with Crippen LogP contribution in [0.2, 0.25) is 0 Å². The highest BCUT2D eigenvalue weighted by atomic mass is 16.2. The van der Waals surface area contributed by atoms with E-state index in [1.807, 2.05) is 24.4 Å². The number of rotatable bonds is 12. The van der Waals surface area contributed by atoms with E-state index in [-0.39, 0.29) is 0 Å². The standard InChI is InChI=1S/C22H33N3O2/c1-2-3-4-5-6-7-8-11-15-23-21(26)22(27)24-16-14-18-17-25-20-13-10-9-12-19(18)20/h9-10,12-13,17,25H,2-8,11,14-16H2,1H3,(H,23,26)(H,24,27). The molecule has 27 heavy (non-hydrogen) atoms. The molecule has 0 unspecified atom stereocenters. The van der Waals surface area contributed by atoms with Gasteiger partial charge in [0.25, 0.3) is 0 Å². The molecule has 0 aliphatic rings. The average Bonchev–Trinajstić information content (AvgIpc) is 3.09. The molecule has 3 N–H and O–H groups in total. The van der Waals surface area contributed by atoms with E-state index in [1.165, 1.54) is 38.5 Å². The van der Waals surface area contributed by atoms with Gasteiger partial charge in [-0.05, 0) is 24.5 Å². The smallest absolute Gasteiger partial charge is 0.309 e. The molecule has 1 aromatic carbocycles. The Balaban J connectivity index is 1.53. The molecule has 0 saturated carbocycles. The van der Waals surface area contributed by atoms with Crippen LogP contribution >= 0.6 is 0 Å². The van der Waals surface area contributed by atoms with Crippen molar-refractivity contribution in [3.63, 3.8) is 0 Å². The van der Waals surface area contributed by atoms with E-state index in [4.69, 9.17) is 0 Å². The second-order valence-electron chi connectivity index (χ2n) is 7.10. The van der Waals surface area contributed by atoms with Crippen LogP contribution in [0, 0.1) is 0 Å². The summed E-state index contributed by atoms with van der Waals surface area (Å²) in [4.78, 5) is 26.9. The van der Waals surface area contributed by atoms with Gasteiger partial charge in [-0.25, -0.2) is 0 Å². The molecule has 2 aromatic rings. The normalized spacial score (nSPS) is 10.9. The van der Waals surface area contributed by atoms with E-state index in [0.717, 1.165) is 29.3 Å². The molecular formula is C22H33N3O2. The number of para-hydroxylation sites is 1. The van der Waals surface area contributed by atoms with Gasteiger partial charge in [0.1, 0.15) is 0 Å². The lowest BCUT2D eigenvalue weighted by molar-refractivity contribution is -0.139. The van der Waals surface area contributed by atoms with Crippen LogP contribution in [0.25, 0.3) is 10.9 Å². The van der Waals surface area contributed by atoms with Gasteiger partial charge in [-0.2, -0.15) is 0 Å². The first-order chi connectivity index (χ1) is 13.2. The van der Waals surface area contributed by atoms with Gasteiger partial charge in [0.2, 0.25) is 0 Å². The summed E-state index contributed by atoms with van der Waals surface area (Å²) in [5, 5.41) is 6.57. The maximum absolute atomic E-state index is 11.9. The number of nitrogens with one attached hydrogen (secondary N) is 3. The van der Waals surface area contributed by atoms with E-state index < -0.39 is 11.8 Å². The maximum Gasteiger partial charge on any atom is 0.309 e. The molecule has 5 heteroatoms. The number of hydrogen-bond acceptors (Lipinski definition) is 2. The van der Waals surface area contributed by atoms with Crippen molar-refractivity contribution >= 4 is 22.7 Å². The topological polar surface area (TPSA) is 74.0 Å². The zero-order valence-corrected chi connectivity index (χ0v) is 16.5. The molecule has 0 bridgehead atoms. The first-order valence-electron chi connectivity index (χ1n) is 10.3. The summed E-state index contributed by atoms with van der Waals surface area (Å²) in [5.74, 6) is -1.08. The molecule has 0 aliphatic heterocycles. The van der Waals surface area contributed by atoms with Crippen LogP contribution in [0.5, 0.6) is 0 Å². The summed E-state index contributed by atoms with van der Waals surface area (Å²) < 4.78 is 0. The molecule has 1 heterocycles. The van der Waals surface area contributed by atoms with Crippen molar-refractivity contribution in [2.45, 2.75) is 64.7 Å². The molecule has 2 amide bonds. The lowest BCUT2D eigenvalue weighted by atomic mass is 10.1. The van der Waals surface area contributed by atoms with Gasteiger partial charge in [-0.1, -0.05) is 70.1 Å². The van der Waals surface area contributed by atoms with Crippen molar-refractivity contribution in [2.24, 2.45) is 0 Å². The molecule has 0 radical (unpaired) electrons. The van der Waals surface area contributed by atoms with Crippen molar-refractivity contribution in [3.8, 4) is 0 Å². The summed E-state index contributed by atoms with van der Waals surface area (Å²) >= 11 is 0. The Kier molecular flexibility index (Phi) is 9.45. The Morgan fingerprint density at radius 2 is 1.48 bits per heavy atom. The van der Waals surface area contributed by atoms with Crippen LogP contribution in [-0.2, 0) is 16.0 Å². The third-order valence-electron chi connectivity index (χ3n) is 4.88. The fraction of sp³-hybridized carbons (Fsp3) is 0.545. The minimum absolute atomic E-state index is 0.450. The number of benzene rings is 1. The van der Waals surface area contributed by atoms with E-state index in [0.29, 0.717) is 19.5 Å². The minimum Gasteiger partial charge on any atom is -0.361 e. The number of aromatic nitrogens is 1. The van der Waals surface area contributed by atoms with Crippen LogP contribution < -0.4 is 10.6 Å². The van der Waals surface area contributed by atoms with Gasteiger partial charge in [0.05, 0.1) is 0 Å². The maximum atomic E-state index is 11.9. The van der Waals surface area contributed by atoms with Crippen LogP contribution in [0.1, 0.15) is 63.9 Å². The zero-order valence-electron chi connectivity index (χ0n) is 16.5. The van der Waals surface area contributed by atoms with Gasteiger partial charge in [0.15, 0.2) is 0 Å². The van der Waals surface area contributed by atoms with Gasteiger partial charge in [-0.15, -0.1) is 0 Å². The van der Waals surface area contributed by atoms with E-state index >= 15 is 0 Å². The number of amides is 2. The lowest BCUT2D eigenvalue weighted by Gasteiger charge is -2.06. The fourth-order valence-electron chi connectivity index (χ4n) is 3.27. The Hall–Kier alpha value is -2.30. The highest BCUT2D eigenvalue weighted by Gasteiger charge is 2.12. The quantitative estimate of drug-likeness (QED) is 0.388. The second-order valence-corrected chi connectivity index (χ2v) is 7.10. The summed E-state index contributed by atoms with van der Waals surface area (Å²) in [6, 6.07) is 8.06. The molecule has 1 aromatic heterocycles. The molecule has 5 nitrogen and oxygen atoms in total. The Bertz CT molecular complexity index is 708. The van der Waals surface area contributed by atoms with E-state index in [1.54, 1.807) is 0 Å². The number of fused-ring (bicyclic) bond motifs is 1. The molecule has 0 atom stereocenters. The highest BCUT2D eigenvalue weighted by molar-refractivity contribution is 6.35. The SMILES string of the molecule is CCCCCCCCCCNC(=O)C(=O)NCCc1c[nH]c2ccccc12. The summed E-state index contributed by atoms with van der Waals surface area (Å²) in [5.41, 5.74) is 2.23. The van der Waals surface area contributed by atoms with Crippen LogP contribution in [0.3, 0.4) is 0 Å². The fourth-order valence-corrected chi connectivity index (χ4v) is 3.27. The third-order valence-corrected chi connectivity index (χ3v) is 4.88. The first-order valence-corrected chi connectivity index (χ1v) is 10.3. The molecule has 0 aliphatic carbocycles. The molecular weight excluding hydrogens is 338 g/mol. The monoisotopic (exact) mass is 371 g/mol. The number of hydrogen-bond donors (Lipinski definition) is 3. The second kappa shape index (κ2) is 12.2. The molecule has 0 spiro atoms. The van der Waals surface area contributed by atoms with Gasteiger partial charge in [-0.3, -0.25) is 9.59 Å². The Labute approximate surface area is 162 Å². The van der Waals surface area contributed by atoms with E-state index in [9.17, 15) is 9.59 Å². The van der Waals surface area contributed by atoms with Crippen molar-refractivity contribution in [1.82, 2.24) is 15.6 Å². The number of aromatic amines is 1. The lowest BCUT2D eigenvalue weighted by Crippen LogP contribution is -2.40. The van der Waals surface area contributed by atoms with Crippen molar-refractivity contribution < 1.29 is 9.59 Å². The predicted molar refractivity (Wildman–Crippen MR) is 111 cm³/mol. The summed E-state index contributed by atoms with van der Waals surface area (Å²) in [6.07, 6.45) is 12.4. The van der Waals surface area contributed by atoms with Crippen molar-refractivity contribution in [2.75, 3.05) is 13.1 Å². The Morgan fingerprint density at radius 3 is 2.22 bits per heavy atom. The van der Waals surface area contributed by atoms with Crippen LogP contribution in [0.4, 0.5) is 0 Å². The molecule has 148 valence electrons. The largest absolute Gasteiger partial charge is 0.361 e. The Morgan fingerprint density at radius 1 is 0.852 bits per heavy atom. The van der Waals surface area contributed by atoms with E-state index in [2.05, 4.69) is 28.6 Å². The summed E-state index contributed by atoms with van der Waals surface area (Å²) in [6.45, 7) is 3.25. The number of H-pyrrole nitrogens is 1. The number of carbonyl (C=O) groups is 2. The van der Waals surface area contributed by atoms with Gasteiger partial charge >= 0.3 is 11.8 Å². The number of carbonyl (C=O) groups excluding carboxylic acids is 2. The number of unbranched alkanes of at least 4 members (excludes halogenated alkanes) is 7. The molecule has 0 fully saturated rings. The molecule has 2 rings (SSSR count). The summed E-state index contributed by atoms with van der Waals surface area (Å²) in [7, 11) is 0. The van der Waals surface area contributed by atoms with Crippen molar-refractivity contribution in [1.29, 1.82) is 0 Å². The van der Waals surface area contributed by atoms with Gasteiger partial charge < -0.3 is 15.6 Å². The molecule has 0 saturated heterocycles.